The monoisotopic (exact) mass is 444 g/mol. The Kier molecular flexibility index (Phi) is 5.25. The summed E-state index contributed by atoms with van der Waals surface area (Å²) in [6.45, 7) is 5.54. The molecule has 0 aliphatic carbocycles. The lowest BCUT2D eigenvalue weighted by Crippen LogP contribution is -2.36. The van der Waals surface area contributed by atoms with Crippen LogP contribution in [-0.2, 0) is 10.0 Å². The standard InChI is InChI=1S/C18H23F3N6O2S/c1-12-5-13(2)27(24-12)17-6-16(22-11-23-17)25-7-14-9-26(10-15(14)8-25)30(28,29)4-3-18(19,20)21/h5-6,11,14-15H,3-4,7-10H2,1-2H3. The lowest BCUT2D eigenvalue weighted by atomic mass is 10.0. The topological polar surface area (TPSA) is 84.2 Å². The highest BCUT2D eigenvalue weighted by atomic mass is 32.2. The van der Waals surface area contributed by atoms with E-state index >= 15 is 0 Å². The van der Waals surface area contributed by atoms with Crippen LogP contribution in [-0.4, -0.2) is 70.6 Å². The summed E-state index contributed by atoms with van der Waals surface area (Å²) in [5, 5.41) is 4.43. The fourth-order valence-electron chi connectivity index (χ4n) is 4.22. The van der Waals surface area contributed by atoms with Crippen LogP contribution in [0.1, 0.15) is 17.8 Å². The number of rotatable bonds is 5. The molecule has 12 heteroatoms. The molecule has 2 aromatic rings. The molecule has 0 radical (unpaired) electrons. The zero-order valence-electron chi connectivity index (χ0n) is 16.7. The molecule has 4 rings (SSSR count). The fraction of sp³-hybridized carbons (Fsp3) is 0.611. The second kappa shape index (κ2) is 7.49. The lowest BCUT2D eigenvalue weighted by molar-refractivity contribution is -0.130. The van der Waals surface area contributed by atoms with Gasteiger partial charge in [0.2, 0.25) is 10.0 Å². The normalized spacial score (nSPS) is 22.6. The number of sulfonamides is 1. The van der Waals surface area contributed by atoms with Crippen LogP contribution in [0.2, 0.25) is 0 Å². The third-order valence-corrected chi connectivity index (χ3v) is 7.48. The molecule has 4 heterocycles. The molecule has 30 heavy (non-hydrogen) atoms. The molecule has 0 bridgehead atoms. The Bertz CT molecular complexity index is 1020. The second-order valence-electron chi connectivity index (χ2n) is 8.00. The van der Waals surface area contributed by atoms with Crippen molar-refractivity contribution in [2.24, 2.45) is 11.8 Å². The highest BCUT2D eigenvalue weighted by Crippen LogP contribution is 2.35. The number of aromatic nitrogens is 4. The smallest absolute Gasteiger partial charge is 0.356 e. The molecule has 2 saturated heterocycles. The van der Waals surface area contributed by atoms with Crippen molar-refractivity contribution >= 4 is 15.8 Å². The molecule has 164 valence electrons. The number of fused-ring (bicyclic) bond motifs is 1. The Balaban J connectivity index is 1.43. The van der Waals surface area contributed by atoms with E-state index in [1.54, 1.807) is 4.68 Å². The second-order valence-corrected chi connectivity index (χ2v) is 10.1. The minimum absolute atomic E-state index is 0.0674. The molecule has 2 aliphatic rings. The highest BCUT2D eigenvalue weighted by Gasteiger charge is 2.45. The van der Waals surface area contributed by atoms with Crippen LogP contribution in [0.25, 0.3) is 5.82 Å². The van der Waals surface area contributed by atoms with Crippen molar-refractivity contribution in [3.05, 3.63) is 29.8 Å². The van der Waals surface area contributed by atoms with Crippen LogP contribution in [0.3, 0.4) is 0 Å². The molecule has 2 aromatic heterocycles. The van der Waals surface area contributed by atoms with Gasteiger partial charge in [0.1, 0.15) is 12.1 Å². The van der Waals surface area contributed by atoms with Gasteiger partial charge in [-0.3, -0.25) is 0 Å². The van der Waals surface area contributed by atoms with Gasteiger partial charge in [0.25, 0.3) is 0 Å². The maximum Gasteiger partial charge on any atom is 0.390 e. The number of hydrogen-bond donors (Lipinski definition) is 0. The van der Waals surface area contributed by atoms with E-state index in [9.17, 15) is 21.6 Å². The predicted octanol–water partition coefficient (Wildman–Crippen LogP) is 1.93. The molecule has 8 nitrogen and oxygen atoms in total. The van der Waals surface area contributed by atoms with Crippen molar-refractivity contribution in [2.75, 3.05) is 36.8 Å². The van der Waals surface area contributed by atoms with Crippen molar-refractivity contribution in [1.82, 2.24) is 24.1 Å². The Morgan fingerprint density at radius 1 is 1.03 bits per heavy atom. The van der Waals surface area contributed by atoms with Gasteiger partial charge in [0.15, 0.2) is 5.82 Å². The quantitative estimate of drug-likeness (QED) is 0.701. The number of alkyl halides is 3. The van der Waals surface area contributed by atoms with E-state index in [0.717, 1.165) is 17.2 Å². The number of nitrogens with zero attached hydrogens (tertiary/aromatic N) is 6. The van der Waals surface area contributed by atoms with E-state index in [2.05, 4.69) is 20.0 Å². The van der Waals surface area contributed by atoms with Crippen LogP contribution in [0.4, 0.5) is 19.0 Å². The molecule has 0 N–H and O–H groups in total. The lowest BCUT2D eigenvalue weighted by Gasteiger charge is -2.22. The zero-order chi connectivity index (χ0) is 21.7. The number of aryl methyl sites for hydroxylation is 2. The van der Waals surface area contributed by atoms with E-state index in [-0.39, 0.29) is 24.9 Å². The SMILES string of the molecule is Cc1cc(C)n(-c2cc(N3CC4CN(S(=O)(=O)CCC(F)(F)F)CC4C3)ncn2)n1. The third-order valence-electron chi connectivity index (χ3n) is 5.68. The Hall–Kier alpha value is -2.21. The van der Waals surface area contributed by atoms with Crippen LogP contribution in [0, 0.1) is 25.7 Å². The predicted molar refractivity (Wildman–Crippen MR) is 104 cm³/mol. The van der Waals surface area contributed by atoms with Gasteiger partial charge in [-0.05, 0) is 31.7 Å². The molecular weight excluding hydrogens is 421 g/mol. The van der Waals surface area contributed by atoms with Gasteiger partial charge < -0.3 is 4.90 Å². The fourth-order valence-corrected chi connectivity index (χ4v) is 5.81. The molecular formula is C18H23F3N6O2S. The van der Waals surface area contributed by atoms with Crippen LogP contribution in [0.15, 0.2) is 18.5 Å². The van der Waals surface area contributed by atoms with Crippen LogP contribution >= 0.6 is 0 Å². The zero-order valence-corrected chi connectivity index (χ0v) is 17.5. The molecule has 0 saturated carbocycles. The van der Waals surface area contributed by atoms with Crippen molar-refractivity contribution in [3.63, 3.8) is 0 Å². The molecule has 2 fully saturated rings. The summed E-state index contributed by atoms with van der Waals surface area (Å²) in [7, 11) is -3.90. The summed E-state index contributed by atoms with van der Waals surface area (Å²) < 4.78 is 64.8. The Morgan fingerprint density at radius 2 is 1.67 bits per heavy atom. The molecule has 0 aromatic carbocycles. The summed E-state index contributed by atoms with van der Waals surface area (Å²) in [5.74, 6) is 0.625. The Morgan fingerprint density at radius 3 is 2.23 bits per heavy atom. The first-order valence-corrected chi connectivity index (χ1v) is 11.3. The molecule has 2 aliphatic heterocycles. The average molecular weight is 444 g/mol. The van der Waals surface area contributed by atoms with Gasteiger partial charge in [0, 0.05) is 37.9 Å². The van der Waals surface area contributed by atoms with Crippen molar-refractivity contribution in [2.45, 2.75) is 26.4 Å². The highest BCUT2D eigenvalue weighted by molar-refractivity contribution is 7.89. The van der Waals surface area contributed by atoms with Gasteiger partial charge in [-0.2, -0.15) is 18.3 Å². The number of anilines is 1. The molecule has 0 amide bonds. The maximum absolute atomic E-state index is 12.4. The average Bonchev–Trinajstić information content (AvgIpc) is 3.32. The van der Waals surface area contributed by atoms with E-state index < -0.39 is 28.4 Å². The summed E-state index contributed by atoms with van der Waals surface area (Å²) in [6.07, 6.45) is -4.32. The number of halogens is 3. The summed E-state index contributed by atoms with van der Waals surface area (Å²) in [6, 6.07) is 3.80. The van der Waals surface area contributed by atoms with Gasteiger partial charge >= 0.3 is 6.18 Å². The number of hydrogen-bond acceptors (Lipinski definition) is 6. The first kappa shape index (κ1) is 21.0. The van der Waals surface area contributed by atoms with Crippen molar-refractivity contribution in [3.8, 4) is 5.82 Å². The minimum atomic E-state index is -4.48. The summed E-state index contributed by atoms with van der Waals surface area (Å²) in [4.78, 5) is 10.7. The van der Waals surface area contributed by atoms with Gasteiger partial charge in [-0.1, -0.05) is 0 Å². The molecule has 2 atom stereocenters. The maximum atomic E-state index is 12.4. The van der Waals surface area contributed by atoms with Crippen LogP contribution < -0.4 is 4.90 Å². The first-order chi connectivity index (χ1) is 14.0. The van der Waals surface area contributed by atoms with Gasteiger partial charge in [0.05, 0.1) is 17.9 Å². The Labute approximate surface area is 172 Å². The molecule has 0 spiro atoms. The van der Waals surface area contributed by atoms with E-state index in [0.29, 0.717) is 18.9 Å². The van der Waals surface area contributed by atoms with Gasteiger partial charge in [-0.15, -0.1) is 0 Å². The van der Waals surface area contributed by atoms with E-state index in [1.807, 2.05) is 26.0 Å². The largest absolute Gasteiger partial charge is 0.390 e. The molecule has 2 unspecified atom stereocenters. The summed E-state index contributed by atoms with van der Waals surface area (Å²) >= 11 is 0. The first-order valence-electron chi connectivity index (χ1n) is 9.67. The van der Waals surface area contributed by atoms with Crippen molar-refractivity contribution in [1.29, 1.82) is 0 Å². The third kappa shape index (κ3) is 4.29. The van der Waals surface area contributed by atoms with Gasteiger partial charge in [-0.25, -0.2) is 27.4 Å². The van der Waals surface area contributed by atoms with Crippen molar-refractivity contribution < 1.29 is 21.6 Å². The minimum Gasteiger partial charge on any atom is -0.356 e. The van der Waals surface area contributed by atoms with E-state index in [1.165, 1.54) is 10.6 Å². The van der Waals surface area contributed by atoms with Crippen LogP contribution in [0.5, 0.6) is 0 Å². The van der Waals surface area contributed by atoms with E-state index in [4.69, 9.17) is 0 Å². The summed E-state index contributed by atoms with van der Waals surface area (Å²) in [5.41, 5.74) is 1.84.